The van der Waals surface area contributed by atoms with E-state index in [1.807, 2.05) is 31.8 Å². The van der Waals surface area contributed by atoms with Crippen LogP contribution in [-0.4, -0.2) is 50.7 Å². The highest BCUT2D eigenvalue weighted by Crippen LogP contribution is 2.40. The number of hydrogen-bond acceptors (Lipinski definition) is 6. The van der Waals surface area contributed by atoms with E-state index in [9.17, 15) is 5.26 Å². The number of fused-ring (bicyclic) bond motifs is 1. The molecule has 0 aromatic carbocycles. The molecule has 0 N–H and O–H groups in total. The number of pyridine rings is 2. The molecule has 2 aliphatic heterocycles. The fourth-order valence-corrected chi connectivity index (χ4v) is 4.71. The highest BCUT2D eigenvalue weighted by atomic mass is 16.5. The highest BCUT2D eigenvalue weighted by molar-refractivity contribution is 5.87. The van der Waals surface area contributed by atoms with Gasteiger partial charge in [-0.2, -0.15) is 15.5 Å². The minimum Gasteiger partial charge on any atom is -0.381 e. The van der Waals surface area contributed by atoms with Crippen LogP contribution in [0.3, 0.4) is 0 Å². The Bertz CT molecular complexity index is 1310. The number of aryl methyl sites for hydroxylation is 1. The quantitative estimate of drug-likeness (QED) is 0.515. The van der Waals surface area contributed by atoms with Crippen LogP contribution in [0, 0.1) is 16.7 Å². The normalized spacial score (nSPS) is 17.2. The molecule has 1 spiro atoms. The van der Waals surface area contributed by atoms with Gasteiger partial charge in [0.15, 0.2) is 0 Å². The van der Waals surface area contributed by atoms with E-state index < -0.39 is 0 Å². The SMILES string of the molecule is Cn1cc(-c2cc(-c3ccc(N4CC5(CCOC5)C4)nc3)c3c(C#N)cnn3c2)cn1. The van der Waals surface area contributed by atoms with Gasteiger partial charge in [-0.15, -0.1) is 0 Å². The Labute approximate surface area is 179 Å². The zero-order valence-corrected chi connectivity index (χ0v) is 17.2. The molecule has 6 heterocycles. The van der Waals surface area contributed by atoms with Crippen LogP contribution in [0.4, 0.5) is 5.82 Å². The van der Waals surface area contributed by atoms with E-state index in [1.165, 1.54) is 0 Å². The second-order valence-corrected chi connectivity index (χ2v) is 8.57. The number of nitriles is 1. The summed E-state index contributed by atoms with van der Waals surface area (Å²) in [5.41, 5.74) is 5.52. The molecule has 0 atom stereocenters. The Kier molecular flexibility index (Phi) is 3.88. The van der Waals surface area contributed by atoms with E-state index in [4.69, 9.17) is 9.72 Å². The molecule has 0 saturated carbocycles. The van der Waals surface area contributed by atoms with Gasteiger partial charge < -0.3 is 9.64 Å². The standard InChI is InChI=1S/C23H21N7O/c1-28-11-19(10-26-28)17-6-20(22-18(7-24)9-27-30(22)12-17)16-2-3-21(25-8-16)29-13-23(14-29)4-5-31-15-23/h2-3,6,8-12H,4-5,13-15H2,1H3. The van der Waals surface area contributed by atoms with Crippen LogP contribution in [0.1, 0.15) is 12.0 Å². The number of rotatable bonds is 3. The van der Waals surface area contributed by atoms with Gasteiger partial charge in [0.05, 0.1) is 30.1 Å². The average Bonchev–Trinajstić information content (AvgIpc) is 3.51. The van der Waals surface area contributed by atoms with Crippen molar-refractivity contribution in [2.24, 2.45) is 12.5 Å². The van der Waals surface area contributed by atoms with Gasteiger partial charge in [-0.25, -0.2) is 9.50 Å². The van der Waals surface area contributed by atoms with Gasteiger partial charge in [0, 0.05) is 73.0 Å². The van der Waals surface area contributed by atoms with E-state index in [0.29, 0.717) is 11.0 Å². The summed E-state index contributed by atoms with van der Waals surface area (Å²) in [6, 6.07) is 8.48. The van der Waals surface area contributed by atoms with Crippen molar-refractivity contribution in [2.75, 3.05) is 31.2 Å². The summed E-state index contributed by atoms with van der Waals surface area (Å²) in [5.74, 6) is 0.981. The van der Waals surface area contributed by atoms with E-state index in [0.717, 1.165) is 66.3 Å². The predicted octanol–water partition coefficient (Wildman–Crippen LogP) is 2.90. The summed E-state index contributed by atoms with van der Waals surface area (Å²) in [7, 11) is 1.89. The zero-order chi connectivity index (χ0) is 21.0. The van der Waals surface area contributed by atoms with Gasteiger partial charge in [0.1, 0.15) is 11.9 Å². The Morgan fingerprint density at radius 3 is 2.65 bits per heavy atom. The molecule has 0 radical (unpaired) electrons. The van der Waals surface area contributed by atoms with Gasteiger partial charge in [-0.3, -0.25) is 4.68 Å². The Hall–Kier alpha value is -3.70. The lowest BCUT2D eigenvalue weighted by Gasteiger charge is -2.47. The summed E-state index contributed by atoms with van der Waals surface area (Å²) in [6.45, 7) is 3.73. The van der Waals surface area contributed by atoms with Crippen molar-refractivity contribution in [1.29, 1.82) is 5.26 Å². The Morgan fingerprint density at radius 2 is 1.97 bits per heavy atom. The van der Waals surface area contributed by atoms with Gasteiger partial charge in [-0.05, 0) is 24.6 Å². The first-order chi connectivity index (χ1) is 15.1. The largest absolute Gasteiger partial charge is 0.381 e. The summed E-state index contributed by atoms with van der Waals surface area (Å²) in [4.78, 5) is 7.05. The number of anilines is 1. The first-order valence-corrected chi connectivity index (χ1v) is 10.3. The van der Waals surface area contributed by atoms with Crippen LogP contribution in [0.5, 0.6) is 0 Å². The second kappa shape index (κ2) is 6.65. The number of aromatic nitrogens is 5. The lowest BCUT2D eigenvalue weighted by molar-refractivity contribution is 0.131. The number of ether oxygens (including phenoxy) is 1. The molecule has 0 amide bonds. The molecule has 6 rings (SSSR count). The van der Waals surface area contributed by atoms with Gasteiger partial charge >= 0.3 is 0 Å². The molecular weight excluding hydrogens is 390 g/mol. The van der Waals surface area contributed by atoms with Gasteiger partial charge in [0.2, 0.25) is 0 Å². The molecule has 0 unspecified atom stereocenters. The number of hydrogen-bond donors (Lipinski definition) is 0. The maximum Gasteiger partial charge on any atom is 0.128 e. The minimum atomic E-state index is 0.323. The van der Waals surface area contributed by atoms with Crippen molar-refractivity contribution in [3.05, 3.63) is 54.7 Å². The summed E-state index contributed by atoms with van der Waals surface area (Å²) < 4.78 is 9.12. The molecule has 31 heavy (non-hydrogen) atoms. The molecule has 4 aromatic heterocycles. The zero-order valence-electron chi connectivity index (χ0n) is 17.2. The lowest BCUT2D eigenvalue weighted by Crippen LogP contribution is -2.57. The third kappa shape index (κ3) is 2.89. The number of nitrogens with zero attached hydrogens (tertiary/aromatic N) is 7. The molecular formula is C23H21N7O. The topological polar surface area (TPSA) is 84.3 Å². The monoisotopic (exact) mass is 411 g/mol. The Morgan fingerprint density at radius 1 is 1.06 bits per heavy atom. The maximum absolute atomic E-state index is 9.59. The molecule has 2 fully saturated rings. The van der Waals surface area contributed by atoms with E-state index >= 15 is 0 Å². The van der Waals surface area contributed by atoms with E-state index in [-0.39, 0.29) is 0 Å². The second-order valence-electron chi connectivity index (χ2n) is 8.57. The molecule has 154 valence electrons. The van der Waals surface area contributed by atoms with Crippen molar-refractivity contribution >= 4 is 11.3 Å². The van der Waals surface area contributed by atoms with Crippen molar-refractivity contribution in [2.45, 2.75) is 6.42 Å². The molecule has 0 bridgehead atoms. The third-order valence-electron chi connectivity index (χ3n) is 6.39. The van der Waals surface area contributed by atoms with Crippen LogP contribution in [-0.2, 0) is 11.8 Å². The highest BCUT2D eigenvalue weighted by Gasteiger charge is 2.46. The third-order valence-corrected chi connectivity index (χ3v) is 6.39. The molecule has 2 saturated heterocycles. The Balaban J connectivity index is 1.39. The van der Waals surface area contributed by atoms with E-state index in [1.54, 1.807) is 15.4 Å². The molecule has 0 aliphatic carbocycles. The molecule has 4 aromatic rings. The maximum atomic E-state index is 9.59. The lowest BCUT2D eigenvalue weighted by atomic mass is 9.79. The van der Waals surface area contributed by atoms with Crippen LogP contribution in [0.2, 0.25) is 0 Å². The summed E-state index contributed by atoms with van der Waals surface area (Å²) in [5, 5.41) is 18.3. The van der Waals surface area contributed by atoms with Crippen molar-refractivity contribution in [3.63, 3.8) is 0 Å². The van der Waals surface area contributed by atoms with Crippen molar-refractivity contribution in [1.82, 2.24) is 24.4 Å². The fourth-order valence-electron chi connectivity index (χ4n) is 4.71. The smallest absolute Gasteiger partial charge is 0.128 e. The molecule has 8 nitrogen and oxygen atoms in total. The van der Waals surface area contributed by atoms with Crippen LogP contribution < -0.4 is 4.90 Å². The van der Waals surface area contributed by atoms with Crippen LogP contribution in [0.15, 0.2) is 49.2 Å². The fraction of sp³-hybridized carbons (Fsp3) is 0.304. The van der Waals surface area contributed by atoms with Crippen molar-refractivity contribution < 1.29 is 4.74 Å². The van der Waals surface area contributed by atoms with Gasteiger partial charge in [-0.1, -0.05) is 0 Å². The van der Waals surface area contributed by atoms with E-state index in [2.05, 4.69) is 39.4 Å². The van der Waals surface area contributed by atoms with Crippen molar-refractivity contribution in [3.8, 4) is 28.3 Å². The molecule has 2 aliphatic rings. The summed E-state index contributed by atoms with van der Waals surface area (Å²) >= 11 is 0. The predicted molar refractivity (Wildman–Crippen MR) is 115 cm³/mol. The first kappa shape index (κ1) is 18.1. The first-order valence-electron chi connectivity index (χ1n) is 10.3. The molecule has 8 heteroatoms. The van der Waals surface area contributed by atoms with Crippen LogP contribution in [0.25, 0.3) is 27.8 Å². The minimum absolute atomic E-state index is 0.323. The average molecular weight is 411 g/mol. The van der Waals surface area contributed by atoms with Crippen LogP contribution >= 0.6 is 0 Å². The summed E-state index contributed by atoms with van der Waals surface area (Å²) in [6.07, 6.45) is 10.4. The van der Waals surface area contributed by atoms with Gasteiger partial charge in [0.25, 0.3) is 0 Å².